The maximum atomic E-state index is 10.1. The number of benzene rings is 2. The molecule has 0 radical (unpaired) electrons. The molecule has 1 heterocycles. The van der Waals surface area contributed by atoms with E-state index in [-0.39, 0.29) is 23.9 Å². The Morgan fingerprint density at radius 1 is 1.03 bits per heavy atom. The number of phenols is 2. The topological polar surface area (TPSA) is 107 Å². The second-order valence-electron chi connectivity index (χ2n) is 7.35. The van der Waals surface area contributed by atoms with E-state index in [0.717, 1.165) is 25.0 Å². The molecule has 3 N–H and O–H groups in total. The summed E-state index contributed by atoms with van der Waals surface area (Å²) in [5.41, 5.74) is 1.31. The Morgan fingerprint density at radius 3 is 2.50 bits per heavy atom. The smallest absolute Gasteiger partial charge is 0.204 e. The molecule has 0 spiro atoms. The lowest BCUT2D eigenvalue weighted by atomic mass is 10.0. The van der Waals surface area contributed by atoms with Crippen molar-refractivity contribution in [2.24, 2.45) is 0 Å². The summed E-state index contributed by atoms with van der Waals surface area (Å²) >= 11 is 0. The van der Waals surface area contributed by atoms with E-state index in [2.05, 4.69) is 6.92 Å². The zero-order valence-electron chi connectivity index (χ0n) is 18.5. The standard InChI is InChI=1S/C24H30O8/c1-4-5-8-30-9-6-7-15-10-19(29-3)24-20(11-15)31-23(21(14-25)32-24)16-12-17(26)22(27)18(13-16)28-2/h6-7,10-13,21,23,25-27H,4-5,8-9,14H2,1-3H3/b7-6+/t21-,23-/m0/s1. The first kappa shape index (κ1) is 23.6. The molecule has 0 fully saturated rings. The Morgan fingerprint density at radius 2 is 1.81 bits per heavy atom. The van der Waals surface area contributed by atoms with Gasteiger partial charge in [0.15, 0.2) is 35.2 Å². The van der Waals surface area contributed by atoms with Crippen LogP contribution in [0.15, 0.2) is 30.3 Å². The van der Waals surface area contributed by atoms with Gasteiger partial charge in [0.2, 0.25) is 11.5 Å². The summed E-state index contributed by atoms with van der Waals surface area (Å²) in [6.45, 7) is 3.00. The van der Waals surface area contributed by atoms with E-state index < -0.39 is 12.2 Å². The van der Waals surface area contributed by atoms with Gasteiger partial charge >= 0.3 is 0 Å². The summed E-state index contributed by atoms with van der Waals surface area (Å²) in [7, 11) is 2.91. The van der Waals surface area contributed by atoms with Gasteiger partial charge in [-0.1, -0.05) is 25.5 Å². The van der Waals surface area contributed by atoms with Crippen LogP contribution >= 0.6 is 0 Å². The molecule has 1 aliphatic heterocycles. The first-order valence-electron chi connectivity index (χ1n) is 10.5. The number of methoxy groups -OCH3 is 2. The highest BCUT2D eigenvalue weighted by molar-refractivity contribution is 5.63. The van der Waals surface area contributed by atoms with Gasteiger partial charge in [-0.2, -0.15) is 0 Å². The number of unbranched alkanes of at least 4 members (excludes halogenated alkanes) is 1. The molecule has 8 heteroatoms. The Hall–Kier alpha value is -3.10. The van der Waals surface area contributed by atoms with Crippen LogP contribution < -0.4 is 18.9 Å². The monoisotopic (exact) mass is 446 g/mol. The fourth-order valence-electron chi connectivity index (χ4n) is 3.41. The van der Waals surface area contributed by atoms with Gasteiger partial charge in [0.1, 0.15) is 0 Å². The van der Waals surface area contributed by atoms with Crippen LogP contribution in [0.4, 0.5) is 0 Å². The van der Waals surface area contributed by atoms with Gasteiger partial charge in [-0.25, -0.2) is 0 Å². The molecule has 0 amide bonds. The van der Waals surface area contributed by atoms with Crippen LogP contribution in [0.3, 0.4) is 0 Å². The Balaban J connectivity index is 1.89. The Labute approximate surface area is 187 Å². The lowest BCUT2D eigenvalue weighted by molar-refractivity contribution is -0.0142. The molecule has 0 saturated heterocycles. The molecular formula is C24H30O8. The summed E-state index contributed by atoms with van der Waals surface area (Å²) in [4.78, 5) is 0. The molecule has 2 atom stereocenters. The number of phenolic OH excluding ortho intramolecular Hbond substituents is 2. The summed E-state index contributed by atoms with van der Waals surface area (Å²) in [6, 6.07) is 6.51. The van der Waals surface area contributed by atoms with Crippen LogP contribution in [0.5, 0.6) is 34.5 Å². The molecule has 0 bridgehead atoms. The SMILES string of the molecule is CCCCOC/C=C/c1cc(OC)c2c(c1)O[C@@H](c1cc(O)c(O)c(OC)c1)[C@H](CO)O2. The zero-order chi connectivity index (χ0) is 23.1. The number of fused-ring (bicyclic) bond motifs is 1. The molecule has 3 rings (SSSR count). The molecule has 2 aromatic carbocycles. The van der Waals surface area contributed by atoms with E-state index >= 15 is 0 Å². The first-order chi connectivity index (χ1) is 15.5. The quantitative estimate of drug-likeness (QED) is 0.374. The van der Waals surface area contributed by atoms with Crippen molar-refractivity contribution in [3.8, 4) is 34.5 Å². The minimum atomic E-state index is -0.765. The van der Waals surface area contributed by atoms with Crippen LogP contribution in [-0.4, -0.2) is 55.5 Å². The van der Waals surface area contributed by atoms with Crippen molar-refractivity contribution in [1.29, 1.82) is 0 Å². The van der Waals surface area contributed by atoms with Crippen molar-refractivity contribution in [3.05, 3.63) is 41.5 Å². The van der Waals surface area contributed by atoms with Crippen LogP contribution in [0.25, 0.3) is 6.08 Å². The highest BCUT2D eigenvalue weighted by Gasteiger charge is 2.35. The second kappa shape index (κ2) is 11.0. The second-order valence-corrected chi connectivity index (χ2v) is 7.35. The third-order valence-corrected chi connectivity index (χ3v) is 5.10. The average molecular weight is 446 g/mol. The predicted octanol–water partition coefficient (Wildman–Crippen LogP) is 3.82. The van der Waals surface area contributed by atoms with Gasteiger partial charge in [0, 0.05) is 12.2 Å². The van der Waals surface area contributed by atoms with E-state index in [9.17, 15) is 15.3 Å². The molecule has 8 nitrogen and oxygen atoms in total. The van der Waals surface area contributed by atoms with E-state index in [1.165, 1.54) is 26.4 Å². The van der Waals surface area contributed by atoms with Crippen LogP contribution in [0.2, 0.25) is 0 Å². The Bertz CT molecular complexity index is 940. The van der Waals surface area contributed by atoms with Gasteiger partial charge in [0.25, 0.3) is 0 Å². The lowest BCUT2D eigenvalue weighted by Gasteiger charge is -2.34. The number of ether oxygens (including phenoxy) is 5. The van der Waals surface area contributed by atoms with Crippen molar-refractivity contribution in [2.45, 2.75) is 32.0 Å². The first-order valence-corrected chi connectivity index (χ1v) is 10.5. The Kier molecular flexibility index (Phi) is 8.08. The van der Waals surface area contributed by atoms with Crippen molar-refractivity contribution in [3.63, 3.8) is 0 Å². The molecule has 0 aliphatic carbocycles. The normalized spacial score (nSPS) is 17.5. The highest BCUT2D eigenvalue weighted by Crippen LogP contribution is 2.48. The molecule has 1 aliphatic rings. The van der Waals surface area contributed by atoms with Gasteiger partial charge in [-0.3, -0.25) is 0 Å². The minimum absolute atomic E-state index is 0.0865. The number of aromatic hydroxyl groups is 2. The van der Waals surface area contributed by atoms with E-state index in [1.54, 1.807) is 6.07 Å². The maximum absolute atomic E-state index is 10.1. The van der Waals surface area contributed by atoms with Crippen LogP contribution in [0, 0.1) is 0 Å². The largest absolute Gasteiger partial charge is 0.504 e. The molecule has 32 heavy (non-hydrogen) atoms. The maximum Gasteiger partial charge on any atom is 0.204 e. The minimum Gasteiger partial charge on any atom is -0.504 e. The van der Waals surface area contributed by atoms with Crippen molar-refractivity contribution in [2.75, 3.05) is 34.0 Å². The molecule has 174 valence electrons. The van der Waals surface area contributed by atoms with E-state index in [1.807, 2.05) is 18.2 Å². The van der Waals surface area contributed by atoms with Crippen molar-refractivity contribution < 1.29 is 39.0 Å². The summed E-state index contributed by atoms with van der Waals surface area (Å²) in [5, 5.41) is 29.9. The molecule has 0 aromatic heterocycles. The fourth-order valence-corrected chi connectivity index (χ4v) is 3.41. The number of hydrogen-bond acceptors (Lipinski definition) is 8. The summed E-state index contributed by atoms with van der Waals surface area (Å²) in [5.74, 6) is 0.638. The van der Waals surface area contributed by atoms with E-state index in [0.29, 0.717) is 29.4 Å². The zero-order valence-corrected chi connectivity index (χ0v) is 18.5. The molecule has 2 aromatic rings. The third kappa shape index (κ3) is 5.20. The number of aliphatic hydroxyl groups excluding tert-OH is 1. The van der Waals surface area contributed by atoms with Crippen LogP contribution in [0.1, 0.15) is 37.0 Å². The predicted molar refractivity (Wildman–Crippen MR) is 119 cm³/mol. The molecule has 0 saturated carbocycles. The van der Waals surface area contributed by atoms with Crippen LogP contribution in [-0.2, 0) is 4.74 Å². The summed E-state index contributed by atoms with van der Waals surface area (Å²) < 4.78 is 28.3. The number of hydrogen-bond donors (Lipinski definition) is 3. The molecule has 0 unspecified atom stereocenters. The van der Waals surface area contributed by atoms with Gasteiger partial charge in [0.05, 0.1) is 27.4 Å². The highest BCUT2D eigenvalue weighted by atomic mass is 16.6. The van der Waals surface area contributed by atoms with Gasteiger partial charge in [-0.05, 0) is 36.2 Å². The average Bonchev–Trinajstić information content (AvgIpc) is 2.81. The third-order valence-electron chi connectivity index (χ3n) is 5.10. The lowest BCUT2D eigenvalue weighted by Crippen LogP contribution is -2.36. The molecular weight excluding hydrogens is 416 g/mol. The summed E-state index contributed by atoms with van der Waals surface area (Å²) in [6.07, 6.45) is 4.41. The van der Waals surface area contributed by atoms with Crippen molar-refractivity contribution >= 4 is 6.08 Å². The van der Waals surface area contributed by atoms with Gasteiger partial charge < -0.3 is 39.0 Å². The van der Waals surface area contributed by atoms with Crippen molar-refractivity contribution in [1.82, 2.24) is 0 Å². The fraction of sp³-hybridized carbons (Fsp3) is 0.417. The van der Waals surface area contributed by atoms with Gasteiger partial charge in [-0.15, -0.1) is 0 Å². The number of rotatable bonds is 10. The van der Waals surface area contributed by atoms with E-state index in [4.69, 9.17) is 23.7 Å². The number of aliphatic hydroxyl groups is 1.